The molecule has 0 saturated heterocycles. The normalized spacial score (nSPS) is 11.5. The van der Waals surface area contributed by atoms with E-state index in [1.54, 1.807) is 30.1 Å². The Labute approximate surface area is 174 Å². The SMILES string of the molecule is Cc1ccc(-c2nc(CSc3nnc4n(C)c(=O)c5ccccc5n34)cs2)cc1. The van der Waals surface area contributed by atoms with Crippen molar-refractivity contribution in [3.8, 4) is 10.6 Å². The van der Waals surface area contributed by atoms with Crippen LogP contribution in [-0.2, 0) is 12.8 Å². The fourth-order valence-electron chi connectivity index (χ4n) is 3.25. The summed E-state index contributed by atoms with van der Waals surface area (Å²) in [6, 6.07) is 16.0. The maximum absolute atomic E-state index is 12.6. The van der Waals surface area contributed by atoms with Gasteiger partial charge in [-0.25, -0.2) is 4.98 Å². The Hall–Kier alpha value is -2.97. The number of hydrogen-bond donors (Lipinski definition) is 0. The second-order valence-corrected chi connectivity index (χ2v) is 8.60. The van der Waals surface area contributed by atoms with E-state index in [9.17, 15) is 4.79 Å². The number of rotatable bonds is 4. The van der Waals surface area contributed by atoms with Crippen molar-refractivity contribution in [3.63, 3.8) is 0 Å². The molecule has 0 N–H and O–H groups in total. The second-order valence-electron chi connectivity index (χ2n) is 6.80. The van der Waals surface area contributed by atoms with Crippen molar-refractivity contribution >= 4 is 39.8 Å². The number of nitrogens with zero attached hydrogens (tertiary/aromatic N) is 5. The van der Waals surface area contributed by atoms with Crippen molar-refractivity contribution in [1.82, 2.24) is 24.1 Å². The minimum Gasteiger partial charge on any atom is -0.279 e. The van der Waals surface area contributed by atoms with Gasteiger partial charge in [0.2, 0.25) is 5.78 Å². The molecule has 8 heteroatoms. The van der Waals surface area contributed by atoms with Crippen LogP contribution in [0.15, 0.2) is 63.9 Å². The van der Waals surface area contributed by atoms with Crippen LogP contribution in [0.4, 0.5) is 0 Å². The summed E-state index contributed by atoms with van der Waals surface area (Å²) in [4.78, 5) is 17.3. The van der Waals surface area contributed by atoms with Gasteiger partial charge in [0.1, 0.15) is 5.01 Å². The summed E-state index contributed by atoms with van der Waals surface area (Å²) in [6.45, 7) is 2.08. The van der Waals surface area contributed by atoms with Crippen LogP contribution < -0.4 is 5.56 Å². The van der Waals surface area contributed by atoms with Crippen molar-refractivity contribution < 1.29 is 0 Å². The maximum atomic E-state index is 12.6. The summed E-state index contributed by atoms with van der Waals surface area (Å²) in [5.74, 6) is 1.22. The predicted octanol–water partition coefficient (Wildman–Crippen LogP) is 4.31. The Kier molecular flexibility index (Phi) is 4.44. The van der Waals surface area contributed by atoms with Gasteiger partial charge in [-0.15, -0.1) is 21.5 Å². The monoisotopic (exact) mass is 419 g/mol. The Morgan fingerprint density at radius 1 is 1.07 bits per heavy atom. The molecule has 0 aliphatic carbocycles. The summed E-state index contributed by atoms with van der Waals surface area (Å²) in [6.07, 6.45) is 0. The molecule has 0 atom stereocenters. The first-order chi connectivity index (χ1) is 14.1. The number of thioether (sulfide) groups is 1. The molecule has 0 bridgehead atoms. The molecule has 144 valence electrons. The van der Waals surface area contributed by atoms with Gasteiger partial charge in [-0.1, -0.05) is 53.7 Å². The molecule has 3 heterocycles. The molecule has 5 rings (SSSR count). The molecule has 29 heavy (non-hydrogen) atoms. The van der Waals surface area contributed by atoms with E-state index in [0.717, 1.165) is 26.9 Å². The van der Waals surface area contributed by atoms with E-state index in [1.165, 1.54) is 10.1 Å². The van der Waals surface area contributed by atoms with Crippen molar-refractivity contribution in [2.75, 3.05) is 0 Å². The average molecular weight is 420 g/mol. The lowest BCUT2D eigenvalue weighted by Gasteiger charge is -2.07. The highest BCUT2D eigenvalue weighted by molar-refractivity contribution is 7.98. The summed E-state index contributed by atoms with van der Waals surface area (Å²) in [5, 5.41) is 13.1. The van der Waals surface area contributed by atoms with Crippen LogP contribution >= 0.6 is 23.1 Å². The molecule has 5 aromatic rings. The number of benzene rings is 2. The lowest BCUT2D eigenvalue weighted by Crippen LogP contribution is -2.20. The second kappa shape index (κ2) is 7.13. The Morgan fingerprint density at radius 3 is 2.69 bits per heavy atom. The van der Waals surface area contributed by atoms with Crippen LogP contribution in [0.5, 0.6) is 0 Å². The van der Waals surface area contributed by atoms with E-state index in [1.807, 2.05) is 28.7 Å². The van der Waals surface area contributed by atoms with Gasteiger partial charge in [-0.05, 0) is 19.1 Å². The van der Waals surface area contributed by atoms with Crippen molar-refractivity contribution in [1.29, 1.82) is 0 Å². The molecule has 0 amide bonds. The molecule has 6 nitrogen and oxygen atoms in total. The third kappa shape index (κ3) is 3.14. The highest BCUT2D eigenvalue weighted by Gasteiger charge is 2.15. The molecule has 0 spiro atoms. The smallest absolute Gasteiger partial charge is 0.262 e. The largest absolute Gasteiger partial charge is 0.279 e. The Bertz CT molecular complexity index is 1400. The number of aryl methyl sites for hydroxylation is 2. The highest BCUT2D eigenvalue weighted by Crippen LogP contribution is 2.28. The number of aromatic nitrogens is 5. The van der Waals surface area contributed by atoms with Gasteiger partial charge in [0.05, 0.1) is 16.6 Å². The molecule has 0 aliphatic heterocycles. The molecule has 0 fully saturated rings. The maximum Gasteiger partial charge on any atom is 0.262 e. The first-order valence-electron chi connectivity index (χ1n) is 9.09. The lowest BCUT2D eigenvalue weighted by molar-refractivity contribution is 0.853. The van der Waals surface area contributed by atoms with Gasteiger partial charge in [-0.2, -0.15) is 0 Å². The topological polar surface area (TPSA) is 65.1 Å². The van der Waals surface area contributed by atoms with E-state index in [-0.39, 0.29) is 5.56 Å². The van der Waals surface area contributed by atoms with Crippen LogP contribution in [-0.4, -0.2) is 24.1 Å². The molecular formula is C21H17N5OS2. The lowest BCUT2D eigenvalue weighted by atomic mass is 10.2. The standard InChI is InChI=1S/C21H17N5OS2/c1-13-7-9-14(10-8-13)18-22-15(11-28-18)12-29-21-24-23-20-25(2)19(27)16-5-3-4-6-17(16)26(20)21/h3-11H,12H2,1-2H3. The molecule has 0 saturated carbocycles. The number of thiazole rings is 1. The molecule has 0 aliphatic rings. The number of fused-ring (bicyclic) bond motifs is 3. The van der Waals surface area contributed by atoms with Crippen molar-refractivity contribution in [3.05, 3.63) is 75.5 Å². The minimum atomic E-state index is -0.0701. The van der Waals surface area contributed by atoms with Gasteiger partial charge < -0.3 is 0 Å². The Morgan fingerprint density at radius 2 is 1.86 bits per heavy atom. The third-order valence-corrected chi connectivity index (χ3v) is 6.70. The number of para-hydroxylation sites is 1. The first-order valence-corrected chi connectivity index (χ1v) is 11.0. The van der Waals surface area contributed by atoms with Crippen molar-refractivity contribution in [2.24, 2.45) is 7.05 Å². The quantitative estimate of drug-likeness (QED) is 0.406. The molecular weight excluding hydrogens is 402 g/mol. The van der Waals surface area contributed by atoms with Crippen molar-refractivity contribution in [2.45, 2.75) is 17.8 Å². The fourth-order valence-corrected chi connectivity index (χ4v) is 5.01. The van der Waals surface area contributed by atoms with E-state index >= 15 is 0 Å². The summed E-state index contributed by atoms with van der Waals surface area (Å²) >= 11 is 3.21. The zero-order valence-electron chi connectivity index (χ0n) is 15.9. The fraction of sp³-hybridized carbons (Fsp3) is 0.143. The summed E-state index contributed by atoms with van der Waals surface area (Å²) in [7, 11) is 1.72. The van der Waals surface area contributed by atoms with Gasteiger partial charge in [0.25, 0.3) is 5.56 Å². The summed E-state index contributed by atoms with van der Waals surface area (Å²) in [5.41, 5.74) is 4.12. The molecule has 2 aromatic carbocycles. The van der Waals surface area contributed by atoms with Crippen LogP contribution in [0.1, 0.15) is 11.3 Å². The highest BCUT2D eigenvalue weighted by atomic mass is 32.2. The van der Waals surface area contributed by atoms with Crippen LogP contribution in [0.3, 0.4) is 0 Å². The van der Waals surface area contributed by atoms with Gasteiger partial charge in [0, 0.05) is 23.7 Å². The van der Waals surface area contributed by atoms with E-state index in [4.69, 9.17) is 4.98 Å². The molecule has 3 aromatic heterocycles. The minimum absolute atomic E-state index is 0.0701. The zero-order valence-corrected chi connectivity index (χ0v) is 17.5. The summed E-state index contributed by atoms with van der Waals surface area (Å²) < 4.78 is 3.48. The third-order valence-electron chi connectivity index (χ3n) is 4.80. The van der Waals surface area contributed by atoms with E-state index in [0.29, 0.717) is 16.9 Å². The van der Waals surface area contributed by atoms with Crippen LogP contribution in [0.25, 0.3) is 27.3 Å². The van der Waals surface area contributed by atoms with Crippen LogP contribution in [0.2, 0.25) is 0 Å². The van der Waals surface area contributed by atoms with E-state index in [2.05, 4.69) is 46.8 Å². The van der Waals surface area contributed by atoms with Gasteiger partial charge in [0.15, 0.2) is 5.16 Å². The first kappa shape index (κ1) is 18.1. The van der Waals surface area contributed by atoms with Gasteiger partial charge >= 0.3 is 0 Å². The van der Waals surface area contributed by atoms with E-state index < -0.39 is 0 Å². The number of hydrogen-bond acceptors (Lipinski definition) is 6. The molecule has 0 unspecified atom stereocenters. The zero-order chi connectivity index (χ0) is 20.0. The molecule has 0 radical (unpaired) electrons. The predicted molar refractivity (Wildman–Crippen MR) is 118 cm³/mol. The Balaban J connectivity index is 1.48. The average Bonchev–Trinajstić information content (AvgIpc) is 3.38. The van der Waals surface area contributed by atoms with Gasteiger partial charge in [-0.3, -0.25) is 13.8 Å². The van der Waals surface area contributed by atoms with Crippen LogP contribution in [0, 0.1) is 6.92 Å².